The first-order valence-electron chi connectivity index (χ1n) is 7.22. The van der Waals surface area contributed by atoms with Crippen LogP contribution in [0.4, 0.5) is 0 Å². The average molecular weight is 328 g/mol. The van der Waals surface area contributed by atoms with Gasteiger partial charge < -0.3 is 10.1 Å². The molecule has 0 spiro atoms. The lowest BCUT2D eigenvalue weighted by Crippen LogP contribution is -2.35. The van der Waals surface area contributed by atoms with Crippen molar-refractivity contribution >= 4 is 15.9 Å². The van der Waals surface area contributed by atoms with Crippen LogP contribution in [0.3, 0.4) is 0 Å². The van der Waals surface area contributed by atoms with Crippen molar-refractivity contribution in [3.63, 3.8) is 0 Å². The SMILES string of the molecule is CCC[C@@H](C)NC(=O)COc1ccc(S(=O)(=O)N(C)C)cc1. The van der Waals surface area contributed by atoms with E-state index in [9.17, 15) is 13.2 Å². The molecule has 1 rings (SSSR count). The summed E-state index contributed by atoms with van der Waals surface area (Å²) in [5.41, 5.74) is 0. The zero-order valence-electron chi connectivity index (χ0n) is 13.5. The maximum absolute atomic E-state index is 11.9. The monoisotopic (exact) mass is 328 g/mol. The molecule has 0 heterocycles. The molecule has 1 aromatic carbocycles. The molecule has 1 atom stereocenters. The molecule has 0 bridgehead atoms. The summed E-state index contributed by atoms with van der Waals surface area (Å²) in [5, 5.41) is 2.84. The number of rotatable bonds is 8. The first-order chi connectivity index (χ1) is 10.3. The Morgan fingerprint density at radius 3 is 2.36 bits per heavy atom. The summed E-state index contributed by atoms with van der Waals surface area (Å²) < 4.78 is 30.3. The summed E-state index contributed by atoms with van der Waals surface area (Å²) in [6, 6.07) is 6.12. The molecule has 1 aromatic rings. The summed E-state index contributed by atoms with van der Waals surface area (Å²) in [6.07, 6.45) is 1.92. The predicted octanol–water partition coefficient (Wildman–Crippen LogP) is 1.62. The van der Waals surface area contributed by atoms with Gasteiger partial charge in [0.05, 0.1) is 4.90 Å². The average Bonchev–Trinajstić information content (AvgIpc) is 2.45. The van der Waals surface area contributed by atoms with Crippen LogP contribution in [0.25, 0.3) is 0 Å². The molecule has 124 valence electrons. The smallest absolute Gasteiger partial charge is 0.258 e. The van der Waals surface area contributed by atoms with Gasteiger partial charge in [0.1, 0.15) is 5.75 Å². The number of hydrogen-bond donors (Lipinski definition) is 1. The number of carbonyl (C=O) groups excluding carboxylic acids is 1. The van der Waals surface area contributed by atoms with Crippen molar-refractivity contribution in [2.75, 3.05) is 20.7 Å². The summed E-state index contributed by atoms with van der Waals surface area (Å²) >= 11 is 0. The van der Waals surface area contributed by atoms with Crippen molar-refractivity contribution in [2.45, 2.75) is 37.6 Å². The van der Waals surface area contributed by atoms with Crippen molar-refractivity contribution < 1.29 is 17.9 Å². The fraction of sp³-hybridized carbons (Fsp3) is 0.533. The van der Waals surface area contributed by atoms with Crippen LogP contribution in [0, 0.1) is 0 Å². The first-order valence-corrected chi connectivity index (χ1v) is 8.66. The Kier molecular flexibility index (Phi) is 6.83. The number of ether oxygens (including phenoxy) is 1. The lowest BCUT2D eigenvalue weighted by molar-refractivity contribution is -0.123. The van der Waals surface area contributed by atoms with Gasteiger partial charge in [-0.1, -0.05) is 13.3 Å². The maximum atomic E-state index is 11.9. The molecule has 1 N–H and O–H groups in total. The summed E-state index contributed by atoms with van der Waals surface area (Å²) in [5.74, 6) is 0.266. The van der Waals surface area contributed by atoms with Gasteiger partial charge in [-0.3, -0.25) is 4.79 Å². The Balaban J connectivity index is 2.57. The first kappa shape index (κ1) is 18.4. The van der Waals surface area contributed by atoms with Crippen LogP contribution < -0.4 is 10.1 Å². The zero-order valence-corrected chi connectivity index (χ0v) is 14.3. The lowest BCUT2D eigenvalue weighted by Gasteiger charge is -2.14. The largest absolute Gasteiger partial charge is 0.484 e. The molecular weight excluding hydrogens is 304 g/mol. The molecule has 0 saturated carbocycles. The lowest BCUT2D eigenvalue weighted by atomic mass is 10.2. The van der Waals surface area contributed by atoms with Gasteiger partial charge in [0.2, 0.25) is 10.0 Å². The predicted molar refractivity (Wildman–Crippen MR) is 85.3 cm³/mol. The molecular formula is C15H24N2O4S. The Bertz CT molecular complexity index is 582. The fourth-order valence-corrected chi connectivity index (χ4v) is 2.79. The quantitative estimate of drug-likeness (QED) is 0.787. The number of amides is 1. The normalized spacial score (nSPS) is 13.0. The van der Waals surface area contributed by atoms with Crippen LogP contribution in [0.1, 0.15) is 26.7 Å². The van der Waals surface area contributed by atoms with Crippen LogP contribution in [0.5, 0.6) is 5.75 Å². The summed E-state index contributed by atoms with van der Waals surface area (Å²) in [7, 11) is -0.501. The Morgan fingerprint density at radius 2 is 1.86 bits per heavy atom. The zero-order chi connectivity index (χ0) is 16.8. The Hall–Kier alpha value is -1.60. The van der Waals surface area contributed by atoms with Gasteiger partial charge >= 0.3 is 0 Å². The van der Waals surface area contributed by atoms with Crippen molar-refractivity contribution in [3.8, 4) is 5.75 Å². The third-order valence-electron chi connectivity index (χ3n) is 3.10. The number of hydrogen-bond acceptors (Lipinski definition) is 4. The fourth-order valence-electron chi connectivity index (χ4n) is 1.89. The van der Waals surface area contributed by atoms with E-state index in [4.69, 9.17) is 4.74 Å². The third kappa shape index (κ3) is 5.31. The van der Waals surface area contributed by atoms with E-state index in [0.29, 0.717) is 5.75 Å². The highest BCUT2D eigenvalue weighted by atomic mass is 32.2. The molecule has 0 aliphatic rings. The highest BCUT2D eigenvalue weighted by Gasteiger charge is 2.16. The van der Waals surface area contributed by atoms with Gasteiger partial charge in [0, 0.05) is 20.1 Å². The van der Waals surface area contributed by atoms with E-state index in [-0.39, 0.29) is 23.5 Å². The minimum atomic E-state index is -3.45. The van der Waals surface area contributed by atoms with Crippen LogP contribution in [-0.4, -0.2) is 45.4 Å². The second-order valence-corrected chi connectivity index (χ2v) is 7.46. The Labute approximate surface area is 132 Å². The molecule has 0 aromatic heterocycles. The molecule has 0 radical (unpaired) electrons. The molecule has 1 amide bonds. The number of nitrogens with one attached hydrogen (secondary N) is 1. The molecule has 0 fully saturated rings. The number of benzene rings is 1. The molecule has 0 unspecified atom stereocenters. The van der Waals surface area contributed by atoms with Crippen molar-refractivity contribution in [3.05, 3.63) is 24.3 Å². The number of nitrogens with zero attached hydrogens (tertiary/aromatic N) is 1. The topological polar surface area (TPSA) is 75.7 Å². The minimum Gasteiger partial charge on any atom is -0.484 e. The van der Waals surface area contributed by atoms with Gasteiger partial charge in [-0.15, -0.1) is 0 Å². The second-order valence-electron chi connectivity index (χ2n) is 5.30. The van der Waals surface area contributed by atoms with E-state index in [1.54, 1.807) is 12.1 Å². The maximum Gasteiger partial charge on any atom is 0.258 e. The van der Waals surface area contributed by atoms with Crippen LogP contribution in [-0.2, 0) is 14.8 Å². The second kappa shape index (κ2) is 8.14. The van der Waals surface area contributed by atoms with Crippen LogP contribution >= 0.6 is 0 Å². The van der Waals surface area contributed by atoms with Gasteiger partial charge in [0.25, 0.3) is 5.91 Å². The summed E-state index contributed by atoms with van der Waals surface area (Å²) in [4.78, 5) is 11.9. The standard InChI is InChI=1S/C15H24N2O4S/c1-5-6-12(2)16-15(18)11-21-13-7-9-14(10-8-13)22(19,20)17(3)4/h7-10,12H,5-6,11H2,1-4H3,(H,16,18)/t12-/m1/s1. The van der Waals surface area contributed by atoms with E-state index in [1.165, 1.54) is 26.2 Å². The van der Waals surface area contributed by atoms with Crippen molar-refractivity contribution in [1.82, 2.24) is 9.62 Å². The Morgan fingerprint density at radius 1 is 1.27 bits per heavy atom. The molecule has 0 saturated heterocycles. The molecule has 22 heavy (non-hydrogen) atoms. The van der Waals surface area contributed by atoms with Crippen LogP contribution in [0.2, 0.25) is 0 Å². The van der Waals surface area contributed by atoms with Gasteiger partial charge in [-0.05, 0) is 37.6 Å². The highest BCUT2D eigenvalue weighted by molar-refractivity contribution is 7.89. The van der Waals surface area contributed by atoms with Crippen molar-refractivity contribution in [1.29, 1.82) is 0 Å². The van der Waals surface area contributed by atoms with E-state index in [0.717, 1.165) is 17.1 Å². The highest BCUT2D eigenvalue weighted by Crippen LogP contribution is 2.17. The van der Waals surface area contributed by atoms with E-state index < -0.39 is 10.0 Å². The number of carbonyl (C=O) groups is 1. The number of sulfonamides is 1. The van der Waals surface area contributed by atoms with Crippen molar-refractivity contribution in [2.24, 2.45) is 0 Å². The van der Waals surface area contributed by atoms with E-state index in [1.807, 2.05) is 6.92 Å². The molecule has 0 aliphatic heterocycles. The minimum absolute atomic E-state index is 0.0895. The summed E-state index contributed by atoms with van der Waals surface area (Å²) in [6.45, 7) is 3.92. The molecule has 0 aliphatic carbocycles. The van der Waals surface area contributed by atoms with Gasteiger partial charge in [-0.25, -0.2) is 12.7 Å². The molecule has 6 nitrogen and oxygen atoms in total. The van der Waals surface area contributed by atoms with Gasteiger partial charge in [0.15, 0.2) is 6.61 Å². The van der Waals surface area contributed by atoms with Crippen LogP contribution in [0.15, 0.2) is 29.2 Å². The third-order valence-corrected chi connectivity index (χ3v) is 4.93. The van der Waals surface area contributed by atoms with Gasteiger partial charge in [-0.2, -0.15) is 0 Å². The molecule has 7 heteroatoms. The van der Waals surface area contributed by atoms with E-state index >= 15 is 0 Å². The van der Waals surface area contributed by atoms with E-state index in [2.05, 4.69) is 12.2 Å².